The minimum absolute atomic E-state index is 0.0895. The van der Waals surface area contributed by atoms with E-state index in [1.54, 1.807) is 4.90 Å². The molecule has 0 bridgehead atoms. The molecule has 7 heteroatoms. The Bertz CT molecular complexity index is 1090. The Kier molecular flexibility index (Phi) is 5.05. The molecule has 0 unspecified atom stereocenters. The van der Waals surface area contributed by atoms with Crippen LogP contribution < -0.4 is 5.32 Å². The van der Waals surface area contributed by atoms with Crippen LogP contribution in [0.15, 0.2) is 36.4 Å². The Morgan fingerprint density at radius 3 is 2.76 bits per heavy atom. The van der Waals surface area contributed by atoms with E-state index in [9.17, 15) is 9.59 Å². The van der Waals surface area contributed by atoms with Crippen LogP contribution in [0.5, 0.6) is 0 Å². The van der Waals surface area contributed by atoms with Crippen molar-refractivity contribution >= 4 is 22.7 Å². The molecular weight excluding hydrogens is 366 g/mol. The highest BCUT2D eigenvalue weighted by molar-refractivity contribution is 6.07. The van der Waals surface area contributed by atoms with Crippen molar-refractivity contribution in [1.29, 1.82) is 0 Å². The maximum Gasteiger partial charge on any atom is 0.255 e. The van der Waals surface area contributed by atoms with Gasteiger partial charge in [-0.15, -0.1) is 0 Å². The van der Waals surface area contributed by atoms with E-state index in [-0.39, 0.29) is 11.8 Å². The van der Waals surface area contributed by atoms with Gasteiger partial charge in [-0.25, -0.2) is 0 Å². The predicted molar refractivity (Wildman–Crippen MR) is 111 cm³/mol. The lowest BCUT2D eigenvalue weighted by molar-refractivity contribution is -0.127. The van der Waals surface area contributed by atoms with E-state index in [1.807, 2.05) is 61.9 Å². The van der Waals surface area contributed by atoms with Gasteiger partial charge in [-0.2, -0.15) is 5.10 Å². The number of hydrogen-bond donors (Lipinski definition) is 1. The molecule has 4 rings (SSSR count). The molecule has 150 valence electrons. The summed E-state index contributed by atoms with van der Waals surface area (Å²) in [6.45, 7) is 7.36. The normalized spacial score (nSPS) is 16.9. The highest BCUT2D eigenvalue weighted by Crippen LogP contribution is 2.23. The molecular formula is C22H25N5O2. The first kappa shape index (κ1) is 19.1. The standard InChI is InChI=1S/C22H25N5O2/c1-4-20-21(28)23-9-10-26(20)22(29)18-12-16(13-27-15(3)11-14(2)25-27)24-19-8-6-5-7-17(18)19/h5-8,11-12,20H,4,9-10,13H2,1-3H3,(H,23,28)/t20-/m1/s1. The lowest BCUT2D eigenvalue weighted by Crippen LogP contribution is -2.56. The average molecular weight is 391 g/mol. The van der Waals surface area contributed by atoms with Gasteiger partial charge < -0.3 is 10.2 Å². The Labute approximate surface area is 169 Å². The molecule has 3 heterocycles. The number of aryl methyl sites for hydroxylation is 2. The van der Waals surface area contributed by atoms with Crippen molar-refractivity contribution in [2.24, 2.45) is 0 Å². The molecule has 3 aromatic rings. The quantitative estimate of drug-likeness (QED) is 0.741. The molecule has 1 N–H and O–H groups in total. The summed E-state index contributed by atoms with van der Waals surface area (Å²) in [6.07, 6.45) is 0.583. The van der Waals surface area contributed by atoms with Gasteiger partial charge in [-0.1, -0.05) is 25.1 Å². The molecule has 1 aliphatic rings. The van der Waals surface area contributed by atoms with Gasteiger partial charge in [0, 0.05) is 24.2 Å². The fourth-order valence-corrected chi connectivity index (χ4v) is 3.99. The molecule has 0 radical (unpaired) electrons. The van der Waals surface area contributed by atoms with Gasteiger partial charge >= 0.3 is 0 Å². The summed E-state index contributed by atoms with van der Waals surface area (Å²) < 4.78 is 1.89. The smallest absolute Gasteiger partial charge is 0.255 e. The molecule has 2 aromatic heterocycles. The van der Waals surface area contributed by atoms with Gasteiger partial charge in [0.15, 0.2) is 0 Å². The molecule has 1 aliphatic heterocycles. The molecule has 29 heavy (non-hydrogen) atoms. The number of aromatic nitrogens is 3. The van der Waals surface area contributed by atoms with Crippen LogP contribution in [0.3, 0.4) is 0 Å². The molecule has 0 saturated carbocycles. The minimum atomic E-state index is -0.442. The van der Waals surface area contributed by atoms with Gasteiger partial charge in [-0.3, -0.25) is 19.3 Å². The number of amides is 2. The number of carbonyl (C=O) groups excluding carboxylic acids is 2. The third-order valence-corrected chi connectivity index (χ3v) is 5.39. The first-order valence-corrected chi connectivity index (χ1v) is 9.96. The molecule has 1 fully saturated rings. The van der Waals surface area contributed by atoms with E-state index in [2.05, 4.69) is 10.4 Å². The van der Waals surface area contributed by atoms with E-state index in [4.69, 9.17) is 4.98 Å². The second kappa shape index (κ2) is 7.66. The number of piperazine rings is 1. The number of hydrogen-bond acceptors (Lipinski definition) is 4. The minimum Gasteiger partial charge on any atom is -0.353 e. The molecule has 0 aliphatic carbocycles. The van der Waals surface area contributed by atoms with Crippen molar-refractivity contribution in [2.75, 3.05) is 13.1 Å². The van der Waals surface area contributed by atoms with Crippen LogP contribution in [0.25, 0.3) is 10.9 Å². The Hall–Kier alpha value is -3.22. The topological polar surface area (TPSA) is 80.1 Å². The first-order valence-electron chi connectivity index (χ1n) is 9.96. The van der Waals surface area contributed by atoms with Crippen LogP contribution in [-0.2, 0) is 11.3 Å². The molecule has 0 spiro atoms. The second-order valence-corrected chi connectivity index (χ2v) is 7.48. The van der Waals surface area contributed by atoms with Gasteiger partial charge in [-0.05, 0) is 38.5 Å². The Balaban J connectivity index is 1.77. The van der Waals surface area contributed by atoms with Crippen LogP contribution in [-0.4, -0.2) is 50.6 Å². The van der Waals surface area contributed by atoms with Crippen LogP contribution in [0.4, 0.5) is 0 Å². The third-order valence-electron chi connectivity index (χ3n) is 5.39. The van der Waals surface area contributed by atoms with Gasteiger partial charge in [0.1, 0.15) is 6.04 Å². The van der Waals surface area contributed by atoms with Crippen molar-refractivity contribution < 1.29 is 9.59 Å². The molecule has 2 amide bonds. The Morgan fingerprint density at radius 2 is 2.03 bits per heavy atom. The zero-order valence-corrected chi connectivity index (χ0v) is 17.0. The van der Waals surface area contributed by atoms with Crippen LogP contribution in [0, 0.1) is 13.8 Å². The number of nitrogens with zero attached hydrogens (tertiary/aromatic N) is 4. The highest BCUT2D eigenvalue weighted by Gasteiger charge is 2.33. The van der Waals surface area contributed by atoms with Crippen LogP contribution in [0.2, 0.25) is 0 Å². The number of pyridine rings is 1. The van der Waals surface area contributed by atoms with Crippen molar-refractivity contribution in [1.82, 2.24) is 25.0 Å². The van der Waals surface area contributed by atoms with E-state index in [0.29, 0.717) is 31.6 Å². The summed E-state index contributed by atoms with van der Waals surface area (Å²) in [5.74, 6) is -0.215. The number of fused-ring (bicyclic) bond motifs is 1. The summed E-state index contributed by atoms with van der Waals surface area (Å²) >= 11 is 0. The average Bonchev–Trinajstić information content (AvgIpc) is 3.03. The fourth-order valence-electron chi connectivity index (χ4n) is 3.99. The van der Waals surface area contributed by atoms with Crippen molar-refractivity contribution in [3.05, 3.63) is 59.0 Å². The summed E-state index contributed by atoms with van der Waals surface area (Å²) in [6, 6.07) is 11.1. The number of rotatable bonds is 4. The second-order valence-electron chi connectivity index (χ2n) is 7.48. The summed E-state index contributed by atoms with van der Waals surface area (Å²) in [5.41, 5.74) is 4.12. The zero-order valence-electron chi connectivity index (χ0n) is 17.0. The van der Waals surface area contributed by atoms with E-state index in [1.165, 1.54) is 0 Å². The van der Waals surface area contributed by atoms with Gasteiger partial charge in [0.2, 0.25) is 5.91 Å². The predicted octanol–water partition coefficient (Wildman–Crippen LogP) is 2.45. The lowest BCUT2D eigenvalue weighted by Gasteiger charge is -2.34. The number of para-hydroxylation sites is 1. The van der Waals surface area contributed by atoms with E-state index >= 15 is 0 Å². The van der Waals surface area contributed by atoms with Crippen molar-refractivity contribution in [3.63, 3.8) is 0 Å². The summed E-state index contributed by atoms with van der Waals surface area (Å²) in [4.78, 5) is 32.2. The third kappa shape index (κ3) is 3.60. The maximum atomic E-state index is 13.5. The van der Waals surface area contributed by atoms with Crippen LogP contribution in [0.1, 0.15) is 40.8 Å². The Morgan fingerprint density at radius 1 is 1.24 bits per heavy atom. The highest BCUT2D eigenvalue weighted by atomic mass is 16.2. The lowest BCUT2D eigenvalue weighted by atomic mass is 10.0. The summed E-state index contributed by atoms with van der Waals surface area (Å²) in [7, 11) is 0. The summed E-state index contributed by atoms with van der Waals surface area (Å²) in [5, 5.41) is 8.17. The SMILES string of the molecule is CC[C@@H]1C(=O)NCCN1C(=O)c1cc(Cn2nc(C)cc2C)nc2ccccc12. The molecule has 1 atom stereocenters. The van der Waals surface area contributed by atoms with Crippen molar-refractivity contribution in [2.45, 2.75) is 39.8 Å². The monoisotopic (exact) mass is 391 g/mol. The van der Waals surface area contributed by atoms with Crippen molar-refractivity contribution in [3.8, 4) is 0 Å². The number of nitrogens with one attached hydrogen (secondary N) is 1. The number of carbonyl (C=O) groups is 2. The molecule has 7 nitrogen and oxygen atoms in total. The van der Waals surface area contributed by atoms with E-state index in [0.717, 1.165) is 28.0 Å². The molecule has 1 aromatic carbocycles. The largest absolute Gasteiger partial charge is 0.353 e. The van der Waals surface area contributed by atoms with Crippen LogP contribution >= 0.6 is 0 Å². The first-order chi connectivity index (χ1) is 14.0. The van der Waals surface area contributed by atoms with Gasteiger partial charge in [0.25, 0.3) is 5.91 Å². The van der Waals surface area contributed by atoms with E-state index < -0.39 is 6.04 Å². The van der Waals surface area contributed by atoms with Gasteiger partial charge in [0.05, 0.1) is 29.0 Å². The maximum absolute atomic E-state index is 13.5. The zero-order chi connectivity index (χ0) is 20.5. The molecule has 1 saturated heterocycles. The fraction of sp³-hybridized carbons (Fsp3) is 0.364. The number of benzene rings is 1.